The molecule has 6 N–H and O–H groups in total. The van der Waals surface area contributed by atoms with Gasteiger partial charge in [0.2, 0.25) is 23.6 Å². The summed E-state index contributed by atoms with van der Waals surface area (Å²) in [5.74, 6) is -6.76. The molecule has 14 nitrogen and oxygen atoms in total. The second kappa shape index (κ2) is 15.2. The first-order chi connectivity index (χ1) is 25.3. The van der Waals surface area contributed by atoms with Gasteiger partial charge in [-0.05, 0) is 53.6 Å². The fourth-order valence-electron chi connectivity index (χ4n) is 5.67. The predicted molar refractivity (Wildman–Crippen MR) is 177 cm³/mol. The van der Waals surface area contributed by atoms with Gasteiger partial charge in [-0.3, -0.25) is 14.4 Å². The number of halogens is 2. The molecule has 2 unspecified atom stereocenters. The van der Waals surface area contributed by atoms with E-state index in [9.17, 15) is 53.8 Å². The van der Waals surface area contributed by atoms with E-state index in [2.05, 4.69) is 0 Å². The molecule has 0 saturated carbocycles. The average Bonchev–Trinajstić information content (AvgIpc) is 3.11. The smallest absolute Gasteiger partial charge is 0.310 e. The number of phenolic OH excluding ortho intramolecular Hbond substituents is 4. The molecule has 6 rings (SSSR count). The normalized spacial score (nSPS) is 19.8. The number of aliphatic hydroxyl groups is 2. The van der Waals surface area contributed by atoms with E-state index in [0.717, 1.165) is 48.5 Å². The van der Waals surface area contributed by atoms with Crippen LogP contribution in [-0.2, 0) is 36.6 Å². The van der Waals surface area contributed by atoms with Crippen LogP contribution in [0.5, 0.6) is 28.7 Å². The first-order valence-corrected chi connectivity index (χ1v) is 15.8. The first kappa shape index (κ1) is 36.6. The quantitative estimate of drug-likeness (QED) is 0.0895. The van der Waals surface area contributed by atoms with Crippen LogP contribution >= 0.6 is 0 Å². The molecule has 1 aliphatic rings. The van der Waals surface area contributed by atoms with E-state index in [-0.39, 0.29) is 11.1 Å². The van der Waals surface area contributed by atoms with Crippen LogP contribution in [0.25, 0.3) is 22.3 Å². The minimum absolute atomic E-state index is 0.0844. The first-order valence-electron chi connectivity index (χ1n) is 15.8. The zero-order valence-corrected chi connectivity index (χ0v) is 27.2. The van der Waals surface area contributed by atoms with E-state index in [0.29, 0.717) is 11.1 Å². The third-order valence-electron chi connectivity index (χ3n) is 8.25. The van der Waals surface area contributed by atoms with Crippen LogP contribution in [0.4, 0.5) is 8.78 Å². The highest BCUT2D eigenvalue weighted by atomic mass is 19.1. The molecule has 2 heterocycles. The molecule has 1 fully saturated rings. The fourth-order valence-corrected chi connectivity index (χ4v) is 5.67. The number of ether oxygens (including phenoxy) is 4. The Balaban J connectivity index is 1.44. The van der Waals surface area contributed by atoms with Crippen LogP contribution in [-0.4, -0.2) is 79.9 Å². The van der Waals surface area contributed by atoms with Crippen molar-refractivity contribution in [2.24, 2.45) is 0 Å². The number of hydrogen-bond donors (Lipinski definition) is 6. The lowest BCUT2D eigenvalue weighted by atomic mass is 9.98. The molecule has 276 valence electrons. The summed E-state index contributed by atoms with van der Waals surface area (Å²) < 4.78 is 55.9. The van der Waals surface area contributed by atoms with Gasteiger partial charge in [-0.15, -0.1) is 0 Å². The highest BCUT2D eigenvalue weighted by molar-refractivity contribution is 5.88. The molecular weight excluding hydrogens is 706 g/mol. The van der Waals surface area contributed by atoms with Crippen LogP contribution in [0.3, 0.4) is 0 Å². The summed E-state index contributed by atoms with van der Waals surface area (Å²) in [7, 11) is 0. The third-order valence-corrected chi connectivity index (χ3v) is 8.25. The molecule has 1 aliphatic heterocycles. The minimum Gasteiger partial charge on any atom is -0.508 e. The number of aromatic hydroxyl groups is 4. The van der Waals surface area contributed by atoms with Crippen molar-refractivity contribution in [3.63, 3.8) is 0 Å². The molecule has 0 bridgehead atoms. The van der Waals surface area contributed by atoms with Gasteiger partial charge in [0.25, 0.3) is 0 Å². The van der Waals surface area contributed by atoms with Crippen molar-refractivity contribution in [1.82, 2.24) is 0 Å². The number of benzene rings is 4. The molecule has 1 aromatic heterocycles. The largest absolute Gasteiger partial charge is 0.508 e. The second-order valence-corrected chi connectivity index (χ2v) is 12.0. The van der Waals surface area contributed by atoms with Crippen molar-refractivity contribution >= 4 is 22.9 Å². The van der Waals surface area contributed by atoms with E-state index in [4.69, 9.17) is 23.4 Å². The zero-order chi connectivity index (χ0) is 38.0. The molecule has 16 heteroatoms. The molecule has 0 aliphatic carbocycles. The number of aliphatic hydroxyl groups excluding tert-OH is 2. The van der Waals surface area contributed by atoms with Crippen molar-refractivity contribution in [2.75, 3.05) is 6.61 Å². The van der Waals surface area contributed by atoms with Crippen molar-refractivity contribution in [2.45, 2.75) is 43.5 Å². The monoisotopic (exact) mass is 736 g/mol. The summed E-state index contributed by atoms with van der Waals surface area (Å²) in [6.45, 7) is -0.908. The number of esters is 2. The van der Waals surface area contributed by atoms with Crippen molar-refractivity contribution in [1.29, 1.82) is 0 Å². The van der Waals surface area contributed by atoms with Gasteiger partial charge in [-0.2, -0.15) is 0 Å². The molecule has 5 atom stereocenters. The highest BCUT2D eigenvalue weighted by Gasteiger charge is 2.51. The number of rotatable bonds is 10. The number of phenols is 4. The Morgan fingerprint density at radius 2 is 1.32 bits per heavy atom. The Bertz CT molecular complexity index is 2200. The SMILES string of the molecule is O=C(Cc1ccc(F)cc1)OC1C(OC(=O)Cc2ccc(F)cc2)[C@H](O)[C@@H](CO)O[C@H]1Oc1c(-c2ccc(O)c(O)c2)oc2cc(O)cc(O)c2c1=O. The third kappa shape index (κ3) is 7.99. The van der Waals surface area contributed by atoms with Crippen LogP contribution in [0.1, 0.15) is 11.1 Å². The van der Waals surface area contributed by atoms with Crippen LogP contribution in [0, 0.1) is 11.6 Å². The van der Waals surface area contributed by atoms with E-state index < -0.39 is 119 Å². The average molecular weight is 737 g/mol. The van der Waals surface area contributed by atoms with Crippen molar-refractivity contribution in [3.05, 3.63) is 112 Å². The van der Waals surface area contributed by atoms with Gasteiger partial charge in [-0.1, -0.05) is 24.3 Å². The lowest BCUT2D eigenvalue weighted by molar-refractivity contribution is -0.285. The molecule has 0 radical (unpaired) electrons. The van der Waals surface area contributed by atoms with Crippen LogP contribution in [0.15, 0.2) is 88.1 Å². The van der Waals surface area contributed by atoms with Crippen molar-refractivity contribution < 1.29 is 72.4 Å². The van der Waals surface area contributed by atoms with E-state index in [1.807, 2.05) is 0 Å². The van der Waals surface area contributed by atoms with Crippen LogP contribution in [0.2, 0.25) is 0 Å². The standard InChI is InChI=1S/C37H30F2O14/c38-20-6-1-17(2-7-20)11-28(45)51-34-31(47)27(16-40)50-37(36(34)52-29(46)12-18-3-8-21(39)9-4-18)53-35-32(48)30-25(44)14-22(41)15-26(30)49-33(35)19-5-10-23(42)24(43)13-19/h1-10,13-15,27,31,34,36-37,40-44,47H,11-12,16H2/t27-,31-,34?,36?,37+/m1/s1. The summed E-state index contributed by atoms with van der Waals surface area (Å²) in [5.41, 5.74) is -0.893. The number of carbonyl (C=O) groups excluding carboxylic acids is 2. The lowest BCUT2D eigenvalue weighted by Crippen LogP contribution is -2.62. The Hall–Kier alpha value is -6.23. The van der Waals surface area contributed by atoms with Crippen molar-refractivity contribution in [3.8, 4) is 40.1 Å². The number of carbonyl (C=O) groups is 2. The maximum Gasteiger partial charge on any atom is 0.310 e. The highest BCUT2D eigenvalue weighted by Crippen LogP contribution is 2.40. The van der Waals surface area contributed by atoms with Gasteiger partial charge in [0.1, 0.15) is 46.3 Å². The van der Waals surface area contributed by atoms with E-state index in [1.54, 1.807) is 0 Å². The Labute approximate surface area is 297 Å². The zero-order valence-electron chi connectivity index (χ0n) is 27.2. The number of fused-ring (bicyclic) bond motifs is 1. The summed E-state index contributed by atoms with van der Waals surface area (Å²) in [6.07, 6.45) is -10.1. The summed E-state index contributed by atoms with van der Waals surface area (Å²) >= 11 is 0. The molecule has 53 heavy (non-hydrogen) atoms. The molecule has 0 amide bonds. The summed E-state index contributed by atoms with van der Waals surface area (Å²) in [4.78, 5) is 40.6. The molecule has 0 spiro atoms. The van der Waals surface area contributed by atoms with Gasteiger partial charge in [0.05, 0.1) is 19.4 Å². The lowest BCUT2D eigenvalue weighted by Gasteiger charge is -2.42. The van der Waals surface area contributed by atoms with E-state index in [1.165, 1.54) is 30.3 Å². The number of hydrogen-bond acceptors (Lipinski definition) is 14. The summed E-state index contributed by atoms with van der Waals surface area (Å²) in [6, 6.07) is 14.8. The minimum atomic E-state index is -1.99. The second-order valence-electron chi connectivity index (χ2n) is 12.0. The molecule has 4 aromatic carbocycles. The maximum atomic E-state index is 14.0. The molecule has 1 saturated heterocycles. The predicted octanol–water partition coefficient (Wildman–Crippen LogP) is 3.33. The van der Waals surface area contributed by atoms with E-state index >= 15 is 0 Å². The topological polar surface area (TPSA) is 223 Å². The maximum absolute atomic E-state index is 14.0. The molecule has 5 aromatic rings. The Kier molecular flexibility index (Phi) is 10.5. The summed E-state index contributed by atoms with van der Waals surface area (Å²) in [5, 5.41) is 61.7. The van der Waals surface area contributed by atoms with Gasteiger partial charge >= 0.3 is 11.9 Å². The van der Waals surface area contributed by atoms with Gasteiger partial charge in [0, 0.05) is 17.7 Å². The molecular formula is C37H30F2O14. The van der Waals surface area contributed by atoms with Gasteiger partial charge in [0.15, 0.2) is 23.4 Å². The van der Waals surface area contributed by atoms with Gasteiger partial charge in [-0.25, -0.2) is 8.78 Å². The Morgan fingerprint density at radius 3 is 1.89 bits per heavy atom. The fraction of sp³-hybridized carbons (Fsp3) is 0.216. The Morgan fingerprint density at radius 1 is 0.736 bits per heavy atom. The van der Waals surface area contributed by atoms with Crippen LogP contribution < -0.4 is 10.2 Å². The van der Waals surface area contributed by atoms with Gasteiger partial charge < -0.3 is 54.0 Å².